The topological polar surface area (TPSA) is 41.6 Å². The Balaban J connectivity index is 1.42. The Morgan fingerprint density at radius 2 is 1.95 bits per heavy atom. The molecule has 1 aliphatic carbocycles. The molecule has 4 heteroatoms. The predicted molar refractivity (Wildman–Crippen MR) is 73.8 cm³/mol. The number of nitrogens with zero attached hydrogens (tertiary/aromatic N) is 1. The SMILES string of the molecule is CC1CCOC1C(=O)N1CCC(NCC2CC2)CC1. The fourth-order valence-electron chi connectivity index (χ4n) is 3.15. The molecule has 0 bridgehead atoms. The van der Waals surface area contributed by atoms with E-state index < -0.39 is 0 Å². The van der Waals surface area contributed by atoms with Crippen molar-refractivity contribution >= 4 is 5.91 Å². The first-order chi connectivity index (χ1) is 9.24. The fraction of sp³-hybridized carbons (Fsp3) is 0.933. The summed E-state index contributed by atoms with van der Waals surface area (Å²) in [6.07, 6.45) is 5.85. The highest BCUT2D eigenvalue weighted by Gasteiger charge is 2.35. The minimum absolute atomic E-state index is 0.170. The molecule has 3 rings (SSSR count). The van der Waals surface area contributed by atoms with E-state index in [-0.39, 0.29) is 12.0 Å². The molecule has 3 fully saturated rings. The summed E-state index contributed by atoms with van der Waals surface area (Å²) in [5.74, 6) is 1.55. The highest BCUT2D eigenvalue weighted by Crippen LogP contribution is 2.28. The number of carbonyl (C=O) groups is 1. The Morgan fingerprint density at radius 3 is 2.53 bits per heavy atom. The van der Waals surface area contributed by atoms with Gasteiger partial charge in [0.15, 0.2) is 0 Å². The van der Waals surface area contributed by atoms with E-state index in [9.17, 15) is 4.79 Å². The van der Waals surface area contributed by atoms with Crippen LogP contribution in [0.15, 0.2) is 0 Å². The van der Waals surface area contributed by atoms with E-state index in [0.717, 1.165) is 44.9 Å². The van der Waals surface area contributed by atoms with Crippen LogP contribution in [0.1, 0.15) is 39.0 Å². The zero-order chi connectivity index (χ0) is 13.2. The molecule has 4 nitrogen and oxygen atoms in total. The number of rotatable bonds is 4. The van der Waals surface area contributed by atoms with Crippen LogP contribution in [-0.4, -0.2) is 49.2 Å². The van der Waals surface area contributed by atoms with E-state index in [4.69, 9.17) is 4.74 Å². The summed E-state index contributed by atoms with van der Waals surface area (Å²) in [7, 11) is 0. The van der Waals surface area contributed by atoms with Gasteiger partial charge in [0.05, 0.1) is 0 Å². The van der Waals surface area contributed by atoms with Crippen LogP contribution in [0.25, 0.3) is 0 Å². The van der Waals surface area contributed by atoms with Gasteiger partial charge in [0.25, 0.3) is 5.91 Å². The average Bonchev–Trinajstić information content (AvgIpc) is 3.17. The van der Waals surface area contributed by atoms with E-state index in [1.807, 2.05) is 4.90 Å². The van der Waals surface area contributed by atoms with Crippen LogP contribution in [0, 0.1) is 11.8 Å². The van der Waals surface area contributed by atoms with Crippen LogP contribution in [0.2, 0.25) is 0 Å². The second-order valence-corrected chi connectivity index (χ2v) is 6.51. The monoisotopic (exact) mass is 266 g/mol. The maximum absolute atomic E-state index is 12.4. The maximum atomic E-state index is 12.4. The quantitative estimate of drug-likeness (QED) is 0.836. The van der Waals surface area contributed by atoms with Crippen LogP contribution < -0.4 is 5.32 Å². The van der Waals surface area contributed by atoms with Crippen molar-refractivity contribution in [2.24, 2.45) is 11.8 Å². The zero-order valence-electron chi connectivity index (χ0n) is 11.9. The summed E-state index contributed by atoms with van der Waals surface area (Å²) in [5.41, 5.74) is 0. The van der Waals surface area contributed by atoms with Gasteiger partial charge in [-0.05, 0) is 50.5 Å². The molecule has 1 N–H and O–H groups in total. The molecule has 1 saturated carbocycles. The number of ether oxygens (including phenoxy) is 1. The Kier molecular flexibility index (Phi) is 4.08. The molecule has 0 spiro atoms. The number of hydrogen-bond acceptors (Lipinski definition) is 3. The summed E-state index contributed by atoms with van der Waals surface area (Å²) in [5, 5.41) is 3.65. The lowest BCUT2D eigenvalue weighted by molar-refractivity contribution is -0.143. The van der Waals surface area contributed by atoms with E-state index in [0.29, 0.717) is 12.0 Å². The van der Waals surface area contributed by atoms with Gasteiger partial charge in [0.2, 0.25) is 0 Å². The van der Waals surface area contributed by atoms with Gasteiger partial charge < -0.3 is 15.0 Å². The van der Waals surface area contributed by atoms with E-state index in [1.165, 1.54) is 19.4 Å². The van der Waals surface area contributed by atoms with Crippen LogP contribution >= 0.6 is 0 Å². The van der Waals surface area contributed by atoms with Crippen molar-refractivity contribution in [3.05, 3.63) is 0 Å². The first-order valence-corrected chi connectivity index (χ1v) is 7.88. The Bertz CT molecular complexity index is 322. The molecular formula is C15H26N2O2. The van der Waals surface area contributed by atoms with Gasteiger partial charge in [0, 0.05) is 25.7 Å². The maximum Gasteiger partial charge on any atom is 0.251 e. The molecule has 2 atom stereocenters. The minimum Gasteiger partial charge on any atom is -0.368 e. The standard InChI is InChI=1S/C15H26N2O2/c1-11-6-9-19-14(11)15(18)17-7-4-13(5-8-17)16-10-12-2-3-12/h11-14,16H,2-10H2,1H3. The molecular weight excluding hydrogens is 240 g/mol. The molecule has 2 aliphatic heterocycles. The summed E-state index contributed by atoms with van der Waals surface area (Å²) in [6, 6.07) is 0.617. The van der Waals surface area contributed by atoms with Crippen LogP contribution in [0.5, 0.6) is 0 Å². The van der Waals surface area contributed by atoms with Crippen molar-refractivity contribution < 1.29 is 9.53 Å². The molecule has 3 aliphatic rings. The van der Waals surface area contributed by atoms with Gasteiger partial charge in [-0.2, -0.15) is 0 Å². The van der Waals surface area contributed by atoms with Crippen molar-refractivity contribution in [3.8, 4) is 0 Å². The van der Waals surface area contributed by atoms with Crippen molar-refractivity contribution in [3.63, 3.8) is 0 Å². The second-order valence-electron chi connectivity index (χ2n) is 6.51. The normalized spacial score (nSPS) is 32.8. The molecule has 2 heterocycles. The molecule has 0 aromatic heterocycles. The average molecular weight is 266 g/mol. The summed E-state index contributed by atoms with van der Waals surface area (Å²) < 4.78 is 5.59. The lowest BCUT2D eigenvalue weighted by Crippen LogP contribution is -2.49. The van der Waals surface area contributed by atoms with E-state index in [1.54, 1.807) is 0 Å². The fourth-order valence-corrected chi connectivity index (χ4v) is 3.15. The van der Waals surface area contributed by atoms with E-state index >= 15 is 0 Å². The smallest absolute Gasteiger partial charge is 0.251 e. The van der Waals surface area contributed by atoms with Crippen LogP contribution in [0.4, 0.5) is 0 Å². The lowest BCUT2D eigenvalue weighted by Gasteiger charge is -2.34. The molecule has 2 unspecified atom stereocenters. The van der Waals surface area contributed by atoms with Gasteiger partial charge in [-0.25, -0.2) is 0 Å². The Hall–Kier alpha value is -0.610. The highest BCUT2D eigenvalue weighted by molar-refractivity contribution is 5.81. The third kappa shape index (κ3) is 3.29. The largest absolute Gasteiger partial charge is 0.368 e. The predicted octanol–water partition coefficient (Wildman–Crippen LogP) is 1.40. The second kappa shape index (κ2) is 5.80. The van der Waals surface area contributed by atoms with Crippen molar-refractivity contribution in [2.45, 2.75) is 51.2 Å². The van der Waals surface area contributed by atoms with Crippen molar-refractivity contribution in [1.29, 1.82) is 0 Å². The van der Waals surface area contributed by atoms with Gasteiger partial charge in [-0.1, -0.05) is 6.92 Å². The minimum atomic E-state index is -0.170. The third-order valence-electron chi connectivity index (χ3n) is 4.83. The molecule has 2 saturated heterocycles. The number of amides is 1. The third-order valence-corrected chi connectivity index (χ3v) is 4.83. The first-order valence-electron chi connectivity index (χ1n) is 7.88. The summed E-state index contributed by atoms with van der Waals surface area (Å²) in [4.78, 5) is 14.4. The van der Waals surface area contributed by atoms with Gasteiger partial charge in [-0.3, -0.25) is 4.79 Å². The van der Waals surface area contributed by atoms with Crippen molar-refractivity contribution in [1.82, 2.24) is 10.2 Å². The number of nitrogens with one attached hydrogen (secondary N) is 1. The molecule has 19 heavy (non-hydrogen) atoms. The van der Waals surface area contributed by atoms with Gasteiger partial charge in [0.1, 0.15) is 6.10 Å². The van der Waals surface area contributed by atoms with Crippen LogP contribution in [-0.2, 0) is 9.53 Å². The van der Waals surface area contributed by atoms with Crippen molar-refractivity contribution in [2.75, 3.05) is 26.2 Å². The Labute approximate surface area is 115 Å². The summed E-state index contributed by atoms with van der Waals surface area (Å²) in [6.45, 7) is 5.85. The number of piperidine rings is 1. The Morgan fingerprint density at radius 1 is 1.21 bits per heavy atom. The number of carbonyl (C=O) groups excluding carboxylic acids is 1. The van der Waals surface area contributed by atoms with Gasteiger partial charge >= 0.3 is 0 Å². The lowest BCUT2D eigenvalue weighted by atomic mass is 10.00. The molecule has 0 aromatic carbocycles. The zero-order valence-corrected chi connectivity index (χ0v) is 11.9. The highest BCUT2D eigenvalue weighted by atomic mass is 16.5. The molecule has 108 valence electrons. The number of hydrogen-bond donors (Lipinski definition) is 1. The molecule has 1 amide bonds. The molecule has 0 radical (unpaired) electrons. The van der Waals surface area contributed by atoms with Gasteiger partial charge in [-0.15, -0.1) is 0 Å². The first kappa shape index (κ1) is 13.4. The molecule has 0 aromatic rings. The summed E-state index contributed by atoms with van der Waals surface area (Å²) >= 11 is 0. The van der Waals surface area contributed by atoms with Crippen LogP contribution in [0.3, 0.4) is 0 Å². The van der Waals surface area contributed by atoms with E-state index in [2.05, 4.69) is 12.2 Å². The number of likely N-dealkylation sites (tertiary alicyclic amines) is 1.